The van der Waals surface area contributed by atoms with Crippen LogP contribution in [-0.2, 0) is 4.79 Å². The quantitative estimate of drug-likeness (QED) is 0.477. The van der Waals surface area contributed by atoms with Crippen molar-refractivity contribution in [3.63, 3.8) is 0 Å². The van der Waals surface area contributed by atoms with Gasteiger partial charge in [0.15, 0.2) is 10.8 Å². The van der Waals surface area contributed by atoms with E-state index in [1.54, 1.807) is 27.2 Å². The second-order valence-corrected chi connectivity index (χ2v) is 7.61. The van der Waals surface area contributed by atoms with Gasteiger partial charge in [0.05, 0.1) is 11.9 Å². The Morgan fingerprint density at radius 3 is 2.73 bits per heavy atom. The fourth-order valence-corrected chi connectivity index (χ4v) is 3.39. The summed E-state index contributed by atoms with van der Waals surface area (Å²) >= 11 is 1.14. The molecule has 0 fully saturated rings. The van der Waals surface area contributed by atoms with Crippen LogP contribution in [-0.4, -0.2) is 75.5 Å². The third-order valence-electron chi connectivity index (χ3n) is 4.26. The van der Waals surface area contributed by atoms with Gasteiger partial charge in [-0.05, 0) is 6.07 Å². The van der Waals surface area contributed by atoms with E-state index in [0.717, 1.165) is 17.6 Å². The number of nitrogens with two attached hydrogens (primary N) is 1. The van der Waals surface area contributed by atoms with E-state index in [1.807, 2.05) is 0 Å². The van der Waals surface area contributed by atoms with Crippen LogP contribution in [0.1, 0.15) is 21.8 Å². The normalized spacial score (nSPS) is 10.6. The monoisotopic (exact) mass is 427 g/mol. The second-order valence-electron chi connectivity index (χ2n) is 6.63. The van der Waals surface area contributed by atoms with Gasteiger partial charge in [-0.1, -0.05) is 11.3 Å². The highest BCUT2D eigenvalue weighted by Gasteiger charge is 2.20. The molecule has 0 aliphatic carbocycles. The van der Waals surface area contributed by atoms with Crippen LogP contribution in [0.5, 0.6) is 0 Å². The fraction of sp³-hybridized carbons (Fsp3) is 0.278. The summed E-state index contributed by atoms with van der Waals surface area (Å²) in [6.45, 7) is 0.282. The Bertz CT molecular complexity index is 1110. The van der Waals surface area contributed by atoms with E-state index in [-0.39, 0.29) is 29.8 Å². The molecule has 0 saturated carbocycles. The Morgan fingerprint density at radius 1 is 1.27 bits per heavy atom. The molecule has 0 radical (unpaired) electrons. The lowest BCUT2D eigenvalue weighted by Crippen LogP contribution is -2.32. The maximum absolute atomic E-state index is 12.7. The van der Waals surface area contributed by atoms with Crippen molar-refractivity contribution < 1.29 is 9.59 Å². The van der Waals surface area contributed by atoms with Gasteiger partial charge < -0.3 is 26.3 Å². The van der Waals surface area contributed by atoms with E-state index < -0.39 is 0 Å². The van der Waals surface area contributed by atoms with Gasteiger partial charge in [0.25, 0.3) is 5.91 Å². The number of thiazole rings is 1. The van der Waals surface area contributed by atoms with Crippen molar-refractivity contribution in [2.24, 2.45) is 0 Å². The molecule has 0 aromatic carbocycles. The first-order chi connectivity index (χ1) is 14.3. The molecule has 11 nitrogen and oxygen atoms in total. The van der Waals surface area contributed by atoms with E-state index in [2.05, 4.69) is 25.3 Å². The average molecular weight is 427 g/mol. The standard InChI is InChI=1S/C18H21N9O2S/c1-26(2)13(28)4-5-27(3)18(29)17-25-14-15(22-9-23-16(14)30-17)24-12-6-10(7-19)11(20)8-21-12/h6-9,19H,4-5,20H2,1-3H3,(H,21,22,23,24). The van der Waals surface area contributed by atoms with Crippen molar-refractivity contribution in [1.82, 2.24) is 29.7 Å². The Morgan fingerprint density at radius 2 is 2.03 bits per heavy atom. The molecule has 0 unspecified atom stereocenters. The largest absolute Gasteiger partial charge is 0.397 e. The molecule has 12 heteroatoms. The lowest BCUT2D eigenvalue weighted by atomic mass is 10.2. The van der Waals surface area contributed by atoms with Crippen molar-refractivity contribution in [2.75, 3.05) is 38.7 Å². The van der Waals surface area contributed by atoms with Crippen LogP contribution in [0.15, 0.2) is 18.6 Å². The number of carbonyl (C=O) groups excluding carboxylic acids is 2. The van der Waals surface area contributed by atoms with Crippen LogP contribution < -0.4 is 11.1 Å². The lowest BCUT2D eigenvalue weighted by molar-refractivity contribution is -0.128. The van der Waals surface area contributed by atoms with Crippen LogP contribution in [0.3, 0.4) is 0 Å². The van der Waals surface area contributed by atoms with Gasteiger partial charge in [0.1, 0.15) is 22.5 Å². The number of anilines is 3. The first kappa shape index (κ1) is 21.0. The van der Waals surface area contributed by atoms with Gasteiger partial charge in [-0.15, -0.1) is 0 Å². The molecule has 3 aromatic heterocycles. The summed E-state index contributed by atoms with van der Waals surface area (Å²) in [4.78, 5) is 44.9. The maximum atomic E-state index is 12.7. The zero-order valence-electron chi connectivity index (χ0n) is 16.7. The number of hydrogen-bond acceptors (Lipinski definition) is 10. The molecular formula is C18H21N9O2S. The molecule has 0 bridgehead atoms. The summed E-state index contributed by atoms with van der Waals surface area (Å²) in [7, 11) is 4.97. The SMILES string of the molecule is CN(C)C(=O)CCN(C)C(=O)c1nc2c(Nc3cc(C=N)c(N)cn3)ncnc2s1. The number of carbonyl (C=O) groups is 2. The molecule has 156 valence electrons. The number of nitrogens with one attached hydrogen (secondary N) is 2. The number of hydrogen-bond donors (Lipinski definition) is 3. The molecule has 3 aromatic rings. The summed E-state index contributed by atoms with van der Waals surface area (Å²) < 4.78 is 0. The summed E-state index contributed by atoms with van der Waals surface area (Å²) in [5, 5.41) is 10.7. The molecule has 3 rings (SSSR count). The first-order valence-electron chi connectivity index (χ1n) is 8.90. The van der Waals surface area contributed by atoms with Crippen molar-refractivity contribution in [3.05, 3.63) is 29.2 Å². The smallest absolute Gasteiger partial charge is 0.282 e. The molecule has 30 heavy (non-hydrogen) atoms. The highest BCUT2D eigenvalue weighted by Crippen LogP contribution is 2.27. The van der Waals surface area contributed by atoms with Gasteiger partial charge in [0, 0.05) is 45.9 Å². The minimum absolute atomic E-state index is 0.0587. The predicted molar refractivity (Wildman–Crippen MR) is 115 cm³/mol. The Labute approximate surface area is 176 Å². The number of aromatic nitrogens is 4. The van der Waals surface area contributed by atoms with E-state index in [0.29, 0.717) is 33.2 Å². The first-order valence-corrected chi connectivity index (χ1v) is 9.72. The molecule has 3 heterocycles. The number of nitrogens with zero attached hydrogens (tertiary/aromatic N) is 6. The number of rotatable bonds is 7. The maximum Gasteiger partial charge on any atom is 0.282 e. The summed E-state index contributed by atoms with van der Waals surface area (Å²) in [5.74, 6) is 0.459. The topological polar surface area (TPSA) is 154 Å². The van der Waals surface area contributed by atoms with Crippen molar-refractivity contribution in [1.29, 1.82) is 5.41 Å². The van der Waals surface area contributed by atoms with Gasteiger partial charge in [0.2, 0.25) is 5.91 Å². The van der Waals surface area contributed by atoms with Gasteiger partial charge >= 0.3 is 0 Å². The minimum Gasteiger partial charge on any atom is -0.397 e. The molecule has 0 atom stereocenters. The summed E-state index contributed by atoms with van der Waals surface area (Å²) in [5.41, 5.74) is 7.10. The summed E-state index contributed by atoms with van der Waals surface area (Å²) in [6.07, 6.45) is 4.17. The minimum atomic E-state index is -0.299. The number of fused-ring (bicyclic) bond motifs is 1. The van der Waals surface area contributed by atoms with E-state index >= 15 is 0 Å². The third kappa shape index (κ3) is 4.49. The van der Waals surface area contributed by atoms with Crippen LogP contribution in [0.4, 0.5) is 17.3 Å². The van der Waals surface area contributed by atoms with E-state index in [4.69, 9.17) is 11.1 Å². The summed E-state index contributed by atoms with van der Waals surface area (Å²) in [6, 6.07) is 1.62. The van der Waals surface area contributed by atoms with Crippen molar-refractivity contribution in [3.8, 4) is 0 Å². The Balaban J connectivity index is 1.82. The Kier molecular flexibility index (Phi) is 6.16. The van der Waals surface area contributed by atoms with Crippen molar-refractivity contribution in [2.45, 2.75) is 6.42 Å². The molecular weight excluding hydrogens is 406 g/mol. The van der Waals surface area contributed by atoms with E-state index in [9.17, 15) is 9.59 Å². The van der Waals surface area contributed by atoms with Crippen LogP contribution in [0, 0.1) is 5.41 Å². The highest BCUT2D eigenvalue weighted by atomic mass is 32.1. The number of pyridine rings is 1. The Hall–Kier alpha value is -3.67. The molecule has 0 aliphatic rings. The van der Waals surface area contributed by atoms with Crippen LogP contribution in [0.2, 0.25) is 0 Å². The van der Waals surface area contributed by atoms with Crippen LogP contribution in [0.25, 0.3) is 10.3 Å². The fourth-order valence-electron chi connectivity index (χ4n) is 2.48. The average Bonchev–Trinajstić information content (AvgIpc) is 3.17. The van der Waals surface area contributed by atoms with Crippen LogP contribution >= 0.6 is 11.3 Å². The third-order valence-corrected chi connectivity index (χ3v) is 5.21. The predicted octanol–water partition coefficient (Wildman–Crippen LogP) is 1.36. The lowest BCUT2D eigenvalue weighted by Gasteiger charge is -2.17. The number of nitrogen functional groups attached to an aromatic ring is 1. The van der Waals surface area contributed by atoms with Crippen molar-refractivity contribution >= 4 is 57.0 Å². The van der Waals surface area contributed by atoms with Gasteiger partial charge in [-0.25, -0.2) is 19.9 Å². The zero-order chi connectivity index (χ0) is 21.8. The molecule has 2 amide bonds. The van der Waals surface area contributed by atoms with Gasteiger partial charge in [-0.3, -0.25) is 9.59 Å². The molecule has 4 N–H and O–H groups in total. The highest BCUT2D eigenvalue weighted by molar-refractivity contribution is 7.19. The number of amides is 2. The molecule has 0 spiro atoms. The molecule has 0 saturated heterocycles. The zero-order valence-corrected chi connectivity index (χ0v) is 17.5. The van der Waals surface area contributed by atoms with Gasteiger partial charge in [-0.2, -0.15) is 0 Å². The molecule has 0 aliphatic heterocycles. The second kappa shape index (κ2) is 8.78. The van der Waals surface area contributed by atoms with E-state index in [1.165, 1.54) is 22.3 Å².